The quantitative estimate of drug-likeness (QED) is 0.591. The lowest BCUT2D eigenvalue weighted by Crippen LogP contribution is -2.72. The molecule has 1 rings (SSSR count). The Hall–Kier alpha value is -2.07. The highest BCUT2D eigenvalue weighted by Gasteiger charge is 2.72. The van der Waals surface area contributed by atoms with Crippen LogP contribution in [-0.4, -0.2) is 23.9 Å². The van der Waals surface area contributed by atoms with E-state index in [0.717, 1.165) is 17.6 Å². The number of nitrogens with one attached hydrogen (secondary N) is 2. The van der Waals surface area contributed by atoms with Crippen LogP contribution in [-0.2, 0) is 4.79 Å². The van der Waals surface area contributed by atoms with Gasteiger partial charge in [0.05, 0.1) is 5.69 Å². The fourth-order valence-electron chi connectivity index (χ4n) is 1.76. The zero-order valence-electron chi connectivity index (χ0n) is 12.9. The molecule has 1 atom stereocenters. The Kier molecular flexibility index (Phi) is 5.91. The van der Waals surface area contributed by atoms with E-state index in [-0.39, 0.29) is 12.5 Å². The monoisotopic (exact) mass is 378 g/mol. The molecule has 0 unspecified atom stereocenters. The van der Waals surface area contributed by atoms with E-state index >= 15 is 0 Å². The van der Waals surface area contributed by atoms with E-state index in [1.165, 1.54) is 6.92 Å². The molecule has 0 aliphatic rings. The van der Waals surface area contributed by atoms with Gasteiger partial charge in [-0.2, -0.15) is 26.3 Å². The summed E-state index contributed by atoms with van der Waals surface area (Å²) in [6.45, 7) is 2.52. The molecule has 0 aliphatic heterocycles. The van der Waals surface area contributed by atoms with Crippen LogP contribution in [0.25, 0.3) is 0 Å². The lowest BCUT2D eigenvalue weighted by molar-refractivity contribution is -0.296. The van der Waals surface area contributed by atoms with Gasteiger partial charge in [-0.25, -0.2) is 8.78 Å². The molecule has 0 bridgehead atoms. The minimum Gasteiger partial charge on any atom is -0.345 e. The minimum absolute atomic E-state index is 0.0253. The Morgan fingerprint density at radius 2 is 1.60 bits per heavy atom. The van der Waals surface area contributed by atoms with Gasteiger partial charge in [0.1, 0.15) is 11.6 Å². The summed E-state index contributed by atoms with van der Waals surface area (Å²) >= 11 is 0. The Labute approximate surface area is 137 Å². The topological polar surface area (TPSA) is 41.1 Å². The van der Waals surface area contributed by atoms with Crippen molar-refractivity contribution in [2.24, 2.45) is 5.92 Å². The van der Waals surface area contributed by atoms with Crippen LogP contribution < -0.4 is 10.6 Å². The van der Waals surface area contributed by atoms with Gasteiger partial charge >= 0.3 is 18.0 Å². The number of amides is 1. The molecule has 0 aliphatic carbocycles. The highest BCUT2D eigenvalue weighted by Crippen LogP contribution is 2.44. The highest BCUT2D eigenvalue weighted by molar-refractivity contribution is 5.80. The van der Waals surface area contributed by atoms with Gasteiger partial charge in [-0.15, -0.1) is 0 Å². The zero-order valence-corrected chi connectivity index (χ0v) is 12.9. The summed E-state index contributed by atoms with van der Waals surface area (Å²) in [6, 6.07) is 0.946. The number of anilines is 1. The van der Waals surface area contributed by atoms with Gasteiger partial charge in [-0.3, -0.25) is 4.79 Å². The first kappa shape index (κ1) is 21.0. The lowest BCUT2D eigenvalue weighted by atomic mass is 10.0. The molecule has 0 aromatic heterocycles. The second kappa shape index (κ2) is 7.04. The first-order valence-corrected chi connectivity index (χ1v) is 6.94. The highest BCUT2D eigenvalue weighted by atomic mass is 19.4. The van der Waals surface area contributed by atoms with Crippen molar-refractivity contribution >= 4 is 11.6 Å². The normalized spacial score (nSPS) is 14.2. The van der Waals surface area contributed by atoms with Crippen LogP contribution in [0.4, 0.5) is 40.8 Å². The smallest absolute Gasteiger partial charge is 0.345 e. The van der Waals surface area contributed by atoms with E-state index in [2.05, 4.69) is 0 Å². The molecule has 1 amide bonds. The summed E-state index contributed by atoms with van der Waals surface area (Å²) in [5.74, 6) is -5.58. The van der Waals surface area contributed by atoms with Crippen molar-refractivity contribution in [2.75, 3.05) is 5.32 Å². The summed E-state index contributed by atoms with van der Waals surface area (Å²) in [4.78, 5) is 11.7. The second-order valence-corrected chi connectivity index (χ2v) is 5.29. The third kappa shape index (κ3) is 4.31. The first-order valence-electron chi connectivity index (χ1n) is 6.94. The average molecular weight is 378 g/mol. The van der Waals surface area contributed by atoms with Crippen LogP contribution in [0.2, 0.25) is 0 Å². The van der Waals surface area contributed by atoms with Crippen LogP contribution in [0.5, 0.6) is 0 Å². The van der Waals surface area contributed by atoms with Crippen molar-refractivity contribution in [2.45, 2.75) is 38.3 Å². The molecule has 2 N–H and O–H groups in total. The summed E-state index contributed by atoms with van der Waals surface area (Å²) < 4.78 is 106. The number of carbonyl (C=O) groups excluding carboxylic acids is 1. The van der Waals surface area contributed by atoms with E-state index < -0.39 is 47.2 Å². The minimum atomic E-state index is -6.07. The molecule has 1 aromatic rings. The number of rotatable bonds is 5. The summed E-state index contributed by atoms with van der Waals surface area (Å²) in [6.07, 6.45) is -12.2. The maximum Gasteiger partial charge on any atom is 0.439 e. The molecular formula is C14H14F8N2O. The standard InChI is InChI=1S/C14H14F8N2O/c1-3-7(2)11(25)24-12(13(17,18)19,14(20,21)22)23-10-5-4-8(15)6-9(10)16/h4-7,23H,3H2,1-2H3,(H,24,25)/t7-/m1/s1. The molecule has 1 aromatic carbocycles. The Bertz CT molecular complexity index is 612. The Balaban J connectivity index is 3.47. The van der Waals surface area contributed by atoms with Gasteiger partial charge in [-0.1, -0.05) is 13.8 Å². The van der Waals surface area contributed by atoms with E-state index in [1.807, 2.05) is 0 Å². The number of carbonyl (C=O) groups is 1. The third-order valence-corrected chi connectivity index (χ3v) is 3.47. The first-order chi connectivity index (χ1) is 11.2. The fourth-order valence-corrected chi connectivity index (χ4v) is 1.76. The molecule has 11 heteroatoms. The van der Waals surface area contributed by atoms with Crippen molar-refractivity contribution in [1.29, 1.82) is 0 Å². The van der Waals surface area contributed by atoms with Crippen LogP contribution in [0.15, 0.2) is 18.2 Å². The van der Waals surface area contributed by atoms with Gasteiger partial charge in [-0.05, 0) is 18.6 Å². The molecule has 142 valence electrons. The predicted molar refractivity (Wildman–Crippen MR) is 72.4 cm³/mol. The predicted octanol–water partition coefficient (Wildman–Crippen LogP) is 4.36. The SMILES string of the molecule is CC[C@@H](C)C(=O)NC(Nc1ccc(F)cc1F)(C(F)(F)F)C(F)(F)F. The molecule has 0 saturated carbocycles. The summed E-state index contributed by atoms with van der Waals surface area (Å²) in [5.41, 5.74) is -6.22. The molecule has 25 heavy (non-hydrogen) atoms. The van der Waals surface area contributed by atoms with Crippen molar-refractivity contribution < 1.29 is 39.9 Å². The summed E-state index contributed by atoms with van der Waals surface area (Å²) in [7, 11) is 0. The van der Waals surface area contributed by atoms with Crippen molar-refractivity contribution in [1.82, 2.24) is 5.32 Å². The lowest BCUT2D eigenvalue weighted by Gasteiger charge is -2.39. The van der Waals surface area contributed by atoms with Gasteiger partial charge in [0.15, 0.2) is 0 Å². The third-order valence-electron chi connectivity index (χ3n) is 3.47. The van der Waals surface area contributed by atoms with E-state index in [4.69, 9.17) is 0 Å². The van der Waals surface area contributed by atoms with Gasteiger partial charge in [0, 0.05) is 12.0 Å². The molecule has 0 spiro atoms. The molecule has 0 radical (unpaired) electrons. The van der Waals surface area contributed by atoms with Gasteiger partial charge < -0.3 is 10.6 Å². The van der Waals surface area contributed by atoms with Crippen LogP contribution >= 0.6 is 0 Å². The number of benzene rings is 1. The molecule has 3 nitrogen and oxygen atoms in total. The number of hydrogen-bond donors (Lipinski definition) is 2. The zero-order chi connectivity index (χ0) is 19.6. The van der Waals surface area contributed by atoms with E-state index in [0.29, 0.717) is 12.1 Å². The second-order valence-electron chi connectivity index (χ2n) is 5.29. The number of hydrogen-bond acceptors (Lipinski definition) is 2. The van der Waals surface area contributed by atoms with E-state index in [9.17, 15) is 39.9 Å². The van der Waals surface area contributed by atoms with Crippen LogP contribution in [0, 0.1) is 17.6 Å². The molecular weight excluding hydrogens is 364 g/mol. The summed E-state index contributed by atoms with van der Waals surface area (Å²) in [5, 5.41) is 1.85. The fraction of sp³-hybridized carbons (Fsp3) is 0.500. The van der Waals surface area contributed by atoms with Crippen molar-refractivity contribution in [3.8, 4) is 0 Å². The van der Waals surface area contributed by atoms with Crippen molar-refractivity contribution in [3.63, 3.8) is 0 Å². The number of halogens is 8. The van der Waals surface area contributed by atoms with Gasteiger partial charge in [0.2, 0.25) is 5.91 Å². The van der Waals surface area contributed by atoms with Gasteiger partial charge in [0.25, 0.3) is 0 Å². The number of alkyl halides is 6. The maximum atomic E-state index is 13.6. The van der Waals surface area contributed by atoms with Crippen molar-refractivity contribution in [3.05, 3.63) is 29.8 Å². The molecule has 0 fully saturated rings. The van der Waals surface area contributed by atoms with E-state index in [1.54, 1.807) is 0 Å². The Morgan fingerprint density at radius 1 is 1.08 bits per heavy atom. The van der Waals surface area contributed by atoms with Crippen LogP contribution in [0.1, 0.15) is 20.3 Å². The maximum absolute atomic E-state index is 13.6. The average Bonchev–Trinajstić information content (AvgIpc) is 2.45. The molecule has 0 heterocycles. The molecule has 0 saturated heterocycles. The Morgan fingerprint density at radius 3 is 2.00 bits per heavy atom. The van der Waals surface area contributed by atoms with Crippen LogP contribution in [0.3, 0.4) is 0 Å². The largest absolute Gasteiger partial charge is 0.439 e.